The highest BCUT2D eigenvalue weighted by molar-refractivity contribution is 7.88. The molecule has 0 aliphatic heterocycles. The van der Waals surface area contributed by atoms with E-state index in [1.54, 1.807) is 0 Å². The van der Waals surface area contributed by atoms with Crippen LogP contribution in [-0.2, 0) is 19.6 Å². The number of esters is 1. The van der Waals surface area contributed by atoms with Crippen LogP contribution < -0.4 is 0 Å². The average Bonchev–Trinajstić information content (AvgIpc) is 2.26. The molecule has 0 amide bonds. The van der Waals surface area contributed by atoms with Crippen molar-refractivity contribution in [1.82, 2.24) is 4.31 Å². The Balaban J connectivity index is 3.08. The molecule has 0 aromatic heterocycles. The van der Waals surface area contributed by atoms with E-state index in [4.69, 9.17) is 4.74 Å². The molecule has 1 aliphatic rings. The lowest BCUT2D eigenvalue weighted by atomic mass is 9.82. The van der Waals surface area contributed by atoms with Crippen molar-refractivity contribution in [3.63, 3.8) is 0 Å². The molecular formula is C10H19NO4S. The first-order chi connectivity index (χ1) is 7.34. The number of ether oxygens (including phenoxy) is 1. The highest BCUT2D eigenvalue weighted by Gasteiger charge is 2.47. The van der Waals surface area contributed by atoms with Crippen molar-refractivity contribution in [2.45, 2.75) is 37.6 Å². The lowest BCUT2D eigenvalue weighted by Crippen LogP contribution is -2.56. The number of methoxy groups -OCH3 is 1. The largest absolute Gasteiger partial charge is 0.468 e. The number of carbonyl (C=O) groups excluding carboxylic acids is 1. The molecule has 5 nitrogen and oxygen atoms in total. The maximum absolute atomic E-state index is 11.8. The summed E-state index contributed by atoms with van der Waals surface area (Å²) in [5.74, 6) is -0.444. The minimum atomic E-state index is -3.38. The van der Waals surface area contributed by atoms with Gasteiger partial charge in [-0.15, -0.1) is 0 Å². The third-order valence-corrected chi connectivity index (χ3v) is 4.69. The summed E-state index contributed by atoms with van der Waals surface area (Å²) in [7, 11) is -0.627. The molecule has 0 unspecified atom stereocenters. The smallest absolute Gasteiger partial charge is 0.327 e. The third kappa shape index (κ3) is 2.38. The van der Waals surface area contributed by atoms with Gasteiger partial charge in [-0.3, -0.25) is 4.79 Å². The zero-order chi connectivity index (χ0) is 12.4. The Morgan fingerprint density at radius 2 is 1.75 bits per heavy atom. The number of hydrogen-bond acceptors (Lipinski definition) is 4. The zero-order valence-corrected chi connectivity index (χ0v) is 10.8. The average molecular weight is 249 g/mol. The summed E-state index contributed by atoms with van der Waals surface area (Å²) in [6.45, 7) is 0. The van der Waals surface area contributed by atoms with Crippen molar-refractivity contribution < 1.29 is 17.9 Å². The number of hydrogen-bond donors (Lipinski definition) is 0. The Morgan fingerprint density at radius 1 is 1.25 bits per heavy atom. The molecule has 6 heteroatoms. The normalized spacial score (nSPS) is 20.8. The maximum atomic E-state index is 11.8. The van der Waals surface area contributed by atoms with Gasteiger partial charge in [0.25, 0.3) is 0 Å². The standard InChI is InChI=1S/C10H19NO4S/c1-11(16(3,13)14)10(9(12)15-2)7-5-4-6-8-10/h4-8H2,1-3H3. The van der Waals surface area contributed by atoms with Crippen LogP contribution in [0, 0.1) is 0 Å². The Morgan fingerprint density at radius 3 is 2.12 bits per heavy atom. The summed E-state index contributed by atoms with van der Waals surface area (Å²) >= 11 is 0. The number of nitrogens with zero attached hydrogens (tertiary/aromatic N) is 1. The molecule has 0 spiro atoms. The highest BCUT2D eigenvalue weighted by Crippen LogP contribution is 2.35. The molecule has 0 aromatic carbocycles. The lowest BCUT2D eigenvalue weighted by Gasteiger charge is -2.40. The molecule has 94 valence electrons. The SMILES string of the molecule is COC(=O)C1(N(C)S(C)(=O)=O)CCCCC1. The number of carbonyl (C=O) groups is 1. The van der Waals surface area contributed by atoms with Crippen molar-refractivity contribution >= 4 is 16.0 Å². The lowest BCUT2D eigenvalue weighted by molar-refractivity contribution is -0.153. The first-order valence-electron chi connectivity index (χ1n) is 5.37. The van der Waals surface area contributed by atoms with E-state index >= 15 is 0 Å². The fourth-order valence-electron chi connectivity index (χ4n) is 2.29. The van der Waals surface area contributed by atoms with Gasteiger partial charge in [0.1, 0.15) is 5.54 Å². The molecule has 0 heterocycles. The summed E-state index contributed by atoms with van der Waals surface area (Å²) in [4.78, 5) is 11.8. The molecule has 1 aliphatic carbocycles. The minimum Gasteiger partial charge on any atom is -0.468 e. The quantitative estimate of drug-likeness (QED) is 0.692. The Kier molecular flexibility index (Phi) is 3.96. The first-order valence-corrected chi connectivity index (χ1v) is 7.22. The number of sulfonamides is 1. The van der Waals surface area contributed by atoms with E-state index in [0.29, 0.717) is 12.8 Å². The molecule has 1 saturated carbocycles. The second kappa shape index (κ2) is 4.71. The van der Waals surface area contributed by atoms with Gasteiger partial charge in [0.05, 0.1) is 13.4 Å². The van der Waals surface area contributed by atoms with Gasteiger partial charge in [0.15, 0.2) is 0 Å². The van der Waals surface area contributed by atoms with Crippen LogP contribution >= 0.6 is 0 Å². The Hall–Kier alpha value is -0.620. The van der Waals surface area contributed by atoms with Crippen LogP contribution in [0.4, 0.5) is 0 Å². The van der Waals surface area contributed by atoms with Gasteiger partial charge < -0.3 is 4.74 Å². The molecule has 0 aromatic rings. The maximum Gasteiger partial charge on any atom is 0.327 e. The van der Waals surface area contributed by atoms with Crippen LogP contribution in [0.3, 0.4) is 0 Å². The fourth-order valence-corrected chi connectivity index (χ4v) is 3.18. The molecule has 0 radical (unpaired) electrons. The summed E-state index contributed by atoms with van der Waals surface area (Å²) in [5, 5.41) is 0. The summed E-state index contributed by atoms with van der Waals surface area (Å²) in [5.41, 5.74) is -0.986. The van der Waals surface area contributed by atoms with E-state index in [9.17, 15) is 13.2 Å². The van der Waals surface area contributed by atoms with Crippen LogP contribution in [0.2, 0.25) is 0 Å². The van der Waals surface area contributed by atoms with E-state index in [0.717, 1.165) is 25.5 Å². The second-order valence-corrected chi connectivity index (χ2v) is 6.33. The first kappa shape index (κ1) is 13.4. The van der Waals surface area contributed by atoms with E-state index in [-0.39, 0.29) is 0 Å². The summed E-state index contributed by atoms with van der Waals surface area (Å²) in [6.07, 6.45) is 4.96. The van der Waals surface area contributed by atoms with Crippen LogP contribution in [0.5, 0.6) is 0 Å². The van der Waals surface area contributed by atoms with E-state index < -0.39 is 21.5 Å². The highest BCUT2D eigenvalue weighted by atomic mass is 32.2. The number of rotatable bonds is 3. The predicted molar refractivity (Wildman–Crippen MR) is 60.4 cm³/mol. The van der Waals surface area contributed by atoms with Gasteiger partial charge in [0.2, 0.25) is 10.0 Å². The van der Waals surface area contributed by atoms with Crippen molar-refractivity contribution in [3.8, 4) is 0 Å². The summed E-state index contributed by atoms with van der Waals surface area (Å²) in [6, 6.07) is 0. The van der Waals surface area contributed by atoms with E-state index in [1.165, 1.54) is 18.5 Å². The van der Waals surface area contributed by atoms with Crippen LogP contribution in [0.1, 0.15) is 32.1 Å². The van der Waals surface area contributed by atoms with Gasteiger partial charge in [-0.1, -0.05) is 19.3 Å². The topological polar surface area (TPSA) is 63.7 Å². The Labute approximate surface area is 96.8 Å². The fraction of sp³-hybridized carbons (Fsp3) is 0.900. The Bertz CT molecular complexity index is 357. The zero-order valence-electron chi connectivity index (χ0n) is 10.0. The van der Waals surface area contributed by atoms with Crippen molar-refractivity contribution in [1.29, 1.82) is 0 Å². The van der Waals surface area contributed by atoms with E-state index in [2.05, 4.69) is 0 Å². The van der Waals surface area contributed by atoms with Gasteiger partial charge in [0, 0.05) is 7.05 Å². The predicted octanol–water partition coefficient (Wildman–Crippen LogP) is 0.754. The third-order valence-electron chi connectivity index (χ3n) is 3.35. The van der Waals surface area contributed by atoms with Crippen molar-refractivity contribution in [2.75, 3.05) is 20.4 Å². The van der Waals surface area contributed by atoms with E-state index in [1.807, 2.05) is 0 Å². The minimum absolute atomic E-state index is 0.444. The molecule has 0 N–H and O–H groups in total. The van der Waals surface area contributed by atoms with Gasteiger partial charge >= 0.3 is 5.97 Å². The monoisotopic (exact) mass is 249 g/mol. The van der Waals surface area contributed by atoms with Gasteiger partial charge in [-0.2, -0.15) is 4.31 Å². The second-order valence-electron chi connectivity index (χ2n) is 4.31. The van der Waals surface area contributed by atoms with Gasteiger partial charge in [-0.05, 0) is 12.8 Å². The molecule has 0 bridgehead atoms. The summed E-state index contributed by atoms with van der Waals surface area (Å²) < 4.78 is 29.1. The molecule has 1 fully saturated rings. The molecule has 16 heavy (non-hydrogen) atoms. The number of likely N-dealkylation sites (N-methyl/N-ethyl adjacent to an activating group) is 1. The molecular weight excluding hydrogens is 230 g/mol. The molecule has 1 rings (SSSR count). The molecule has 0 atom stereocenters. The van der Waals surface area contributed by atoms with Gasteiger partial charge in [-0.25, -0.2) is 8.42 Å². The van der Waals surface area contributed by atoms with Crippen molar-refractivity contribution in [3.05, 3.63) is 0 Å². The van der Waals surface area contributed by atoms with Crippen LogP contribution in [0.15, 0.2) is 0 Å². The van der Waals surface area contributed by atoms with Crippen LogP contribution in [0.25, 0.3) is 0 Å². The van der Waals surface area contributed by atoms with Crippen LogP contribution in [-0.4, -0.2) is 44.6 Å². The molecule has 0 saturated heterocycles. The van der Waals surface area contributed by atoms with Crippen molar-refractivity contribution in [2.24, 2.45) is 0 Å².